The summed E-state index contributed by atoms with van der Waals surface area (Å²) >= 11 is 0. The van der Waals surface area contributed by atoms with Crippen LogP contribution >= 0.6 is 0 Å². The summed E-state index contributed by atoms with van der Waals surface area (Å²) in [6.45, 7) is 13.2. The first-order valence-corrected chi connectivity index (χ1v) is 17.2. The zero-order valence-electron chi connectivity index (χ0n) is 28.8. The lowest BCUT2D eigenvalue weighted by Crippen LogP contribution is -2.61. The van der Waals surface area contributed by atoms with E-state index in [2.05, 4.69) is 18.5 Å². The number of ether oxygens (including phenoxy) is 2. The van der Waals surface area contributed by atoms with Crippen LogP contribution in [-0.4, -0.2) is 87.6 Å². The van der Waals surface area contributed by atoms with Gasteiger partial charge in [0.2, 0.25) is 17.7 Å². The van der Waals surface area contributed by atoms with Crippen LogP contribution in [0.25, 0.3) is 0 Å². The Bertz CT molecular complexity index is 1520. The number of rotatable bonds is 15. The van der Waals surface area contributed by atoms with Gasteiger partial charge in [0, 0.05) is 18.5 Å². The van der Waals surface area contributed by atoms with Crippen LogP contribution in [0.4, 0.5) is 0 Å². The quantitative estimate of drug-likeness (QED) is 0.215. The molecule has 2 N–H and O–H groups in total. The number of esters is 1. The van der Waals surface area contributed by atoms with Crippen molar-refractivity contribution < 1.29 is 33.8 Å². The number of likely N-dealkylation sites (tertiary alicyclic amines) is 1. The number of amides is 3. The molecule has 7 atom stereocenters. The lowest BCUT2D eigenvalue weighted by molar-refractivity contribution is -0.161. The minimum atomic E-state index is -1.28. The molecule has 3 fully saturated rings. The first kappa shape index (κ1) is 36.0. The van der Waals surface area contributed by atoms with E-state index in [1.165, 1.54) is 4.90 Å². The van der Waals surface area contributed by atoms with Crippen molar-refractivity contribution in [2.75, 3.05) is 19.7 Å². The number of hydrogen-bond donors (Lipinski definition) is 2. The van der Waals surface area contributed by atoms with Gasteiger partial charge in [-0.25, -0.2) is 0 Å². The summed E-state index contributed by atoms with van der Waals surface area (Å²) in [7, 11) is 0. The molecule has 3 saturated heterocycles. The molecule has 10 heteroatoms. The fourth-order valence-electron chi connectivity index (χ4n) is 7.78. The maximum absolute atomic E-state index is 14.8. The number of nitrogens with one attached hydrogen (secondary N) is 1. The summed E-state index contributed by atoms with van der Waals surface area (Å²) in [5.41, 5.74) is -0.301. The van der Waals surface area contributed by atoms with Crippen LogP contribution in [0, 0.1) is 11.8 Å². The molecule has 1 spiro atoms. The lowest BCUT2D eigenvalue weighted by atomic mass is 9.70. The van der Waals surface area contributed by atoms with Crippen molar-refractivity contribution in [3.8, 4) is 0 Å². The van der Waals surface area contributed by atoms with E-state index in [0.717, 1.165) is 5.56 Å². The molecule has 3 aliphatic heterocycles. The largest absolute Gasteiger partial charge is 0.455 e. The summed E-state index contributed by atoms with van der Waals surface area (Å²) in [6.07, 6.45) is 3.84. The first-order valence-electron chi connectivity index (χ1n) is 17.2. The van der Waals surface area contributed by atoms with Crippen molar-refractivity contribution in [3.05, 3.63) is 97.1 Å². The van der Waals surface area contributed by atoms with Crippen LogP contribution in [0.2, 0.25) is 0 Å². The molecule has 10 nitrogen and oxygen atoms in total. The fourth-order valence-corrected chi connectivity index (χ4v) is 7.78. The Labute approximate surface area is 289 Å². The Hall–Kier alpha value is -4.28. The minimum Gasteiger partial charge on any atom is -0.455 e. The number of benzene rings is 2. The number of aliphatic hydroxyl groups excluding tert-OH is 1. The molecule has 3 aliphatic rings. The highest BCUT2D eigenvalue weighted by Crippen LogP contribution is 2.59. The number of carbonyl (C=O) groups excluding carboxylic acids is 4. The number of hydrogen-bond acceptors (Lipinski definition) is 7. The van der Waals surface area contributed by atoms with E-state index in [-0.39, 0.29) is 37.9 Å². The Morgan fingerprint density at radius 2 is 1.78 bits per heavy atom. The zero-order valence-corrected chi connectivity index (χ0v) is 28.8. The van der Waals surface area contributed by atoms with E-state index < -0.39 is 59.1 Å². The van der Waals surface area contributed by atoms with Crippen molar-refractivity contribution >= 4 is 23.7 Å². The summed E-state index contributed by atoms with van der Waals surface area (Å²) in [4.78, 5) is 59.5. The number of nitrogens with zero attached hydrogens (tertiary/aromatic N) is 2. The lowest BCUT2D eigenvalue weighted by Gasteiger charge is -2.43. The molecule has 2 aromatic rings. The Morgan fingerprint density at radius 3 is 2.39 bits per heavy atom. The van der Waals surface area contributed by atoms with Gasteiger partial charge in [-0.05, 0) is 57.6 Å². The van der Waals surface area contributed by atoms with Crippen LogP contribution in [0.15, 0.2) is 86.0 Å². The second-order valence-corrected chi connectivity index (χ2v) is 14.2. The normalized spacial score (nSPS) is 25.3. The van der Waals surface area contributed by atoms with Crippen LogP contribution in [0.5, 0.6) is 0 Å². The van der Waals surface area contributed by atoms with Gasteiger partial charge in [0.05, 0.1) is 37.1 Å². The molecule has 0 radical (unpaired) electrons. The van der Waals surface area contributed by atoms with Crippen LogP contribution in [-0.2, 0) is 35.1 Å². The van der Waals surface area contributed by atoms with E-state index >= 15 is 0 Å². The number of carbonyl (C=O) groups is 4. The molecule has 3 amide bonds. The summed E-state index contributed by atoms with van der Waals surface area (Å²) in [6, 6.07) is 16.8. The molecule has 49 heavy (non-hydrogen) atoms. The van der Waals surface area contributed by atoms with Gasteiger partial charge in [0.1, 0.15) is 17.7 Å². The third-order valence-electron chi connectivity index (χ3n) is 10.0. The molecule has 0 aromatic heterocycles. The van der Waals surface area contributed by atoms with Crippen molar-refractivity contribution in [2.45, 2.75) is 88.3 Å². The van der Waals surface area contributed by atoms with E-state index in [4.69, 9.17) is 9.47 Å². The average molecular weight is 672 g/mol. The smallest absolute Gasteiger partial charge is 0.313 e. The third-order valence-corrected chi connectivity index (χ3v) is 10.0. The number of allylic oxidation sites excluding steroid dienone is 1. The molecule has 2 bridgehead atoms. The van der Waals surface area contributed by atoms with Gasteiger partial charge in [-0.3, -0.25) is 19.2 Å². The minimum absolute atomic E-state index is 0.0483. The highest BCUT2D eigenvalue weighted by Gasteiger charge is 2.76. The highest BCUT2D eigenvalue weighted by molar-refractivity contribution is 5.98. The van der Waals surface area contributed by atoms with Gasteiger partial charge >= 0.3 is 5.97 Å². The SMILES string of the molecule is C=CCCC(=O)NC[C@H](OC(=O)[C@@H]1[C@H]2C(=O)N([C@@H](CO)Cc3ccccc3)[C@H](C(=O)N(CC=C)C(C)(C)C)[C@]23CC[C@H]1O3)c1ccccc1. The standard InChI is InChI=1S/C39H49N3O7/c1-6-8-19-31(44)40-24-30(27-17-13-10-14-18-27)48-37(47)32-29-20-21-39(49-29)33(32)35(45)42(28(25-43)23-26-15-11-9-12-16-26)34(39)36(46)41(22-7-2)38(3,4)5/h6-7,9-18,28-30,32-34,43H,1-2,8,19-25H2,3-5H3,(H,40,44)/t28-,29-,30+,32+,33+,34-,39+/m1/s1. The van der Waals surface area contributed by atoms with Crippen molar-refractivity contribution in [1.82, 2.24) is 15.1 Å². The van der Waals surface area contributed by atoms with Gasteiger partial charge in [0.15, 0.2) is 0 Å². The average Bonchev–Trinajstić information content (AvgIpc) is 3.74. The monoisotopic (exact) mass is 671 g/mol. The maximum atomic E-state index is 14.8. The zero-order chi connectivity index (χ0) is 35.3. The Kier molecular flexibility index (Phi) is 11.1. The molecule has 0 aliphatic carbocycles. The number of fused-ring (bicyclic) bond motifs is 1. The van der Waals surface area contributed by atoms with E-state index in [1.54, 1.807) is 17.1 Å². The Balaban J connectivity index is 1.50. The van der Waals surface area contributed by atoms with Gasteiger partial charge in [-0.2, -0.15) is 0 Å². The summed E-state index contributed by atoms with van der Waals surface area (Å²) < 4.78 is 12.8. The van der Waals surface area contributed by atoms with Crippen LogP contribution < -0.4 is 5.32 Å². The van der Waals surface area contributed by atoms with Crippen molar-refractivity contribution in [2.24, 2.45) is 11.8 Å². The van der Waals surface area contributed by atoms with Gasteiger partial charge < -0.3 is 29.7 Å². The predicted molar refractivity (Wildman–Crippen MR) is 185 cm³/mol. The fraction of sp³-hybridized carbons (Fsp3) is 0.487. The second-order valence-electron chi connectivity index (χ2n) is 14.2. The van der Waals surface area contributed by atoms with E-state index in [9.17, 15) is 24.3 Å². The van der Waals surface area contributed by atoms with Crippen molar-refractivity contribution in [3.63, 3.8) is 0 Å². The molecule has 2 aromatic carbocycles. The van der Waals surface area contributed by atoms with Crippen molar-refractivity contribution in [1.29, 1.82) is 0 Å². The molecular weight excluding hydrogens is 622 g/mol. The predicted octanol–water partition coefficient (Wildman–Crippen LogP) is 4.14. The second kappa shape index (κ2) is 15.1. The molecule has 262 valence electrons. The molecule has 0 saturated carbocycles. The third kappa shape index (κ3) is 7.21. The van der Waals surface area contributed by atoms with Gasteiger partial charge in [0.25, 0.3) is 0 Å². The maximum Gasteiger partial charge on any atom is 0.313 e. The molecule has 5 rings (SSSR count). The molecular formula is C39H49N3O7. The van der Waals surface area contributed by atoms with E-state index in [1.807, 2.05) is 81.4 Å². The van der Waals surface area contributed by atoms with Crippen LogP contribution in [0.1, 0.15) is 63.7 Å². The van der Waals surface area contributed by atoms with Gasteiger partial charge in [-0.15, -0.1) is 13.2 Å². The van der Waals surface area contributed by atoms with E-state index in [0.29, 0.717) is 31.2 Å². The molecule has 3 heterocycles. The van der Waals surface area contributed by atoms with Gasteiger partial charge in [-0.1, -0.05) is 72.8 Å². The molecule has 0 unspecified atom stereocenters. The first-order chi connectivity index (χ1) is 23.5. The summed E-state index contributed by atoms with van der Waals surface area (Å²) in [5, 5.41) is 13.6. The highest BCUT2D eigenvalue weighted by atomic mass is 16.6. The number of aliphatic hydroxyl groups is 1. The Morgan fingerprint density at radius 1 is 1.10 bits per heavy atom. The van der Waals surface area contributed by atoms with Crippen LogP contribution in [0.3, 0.4) is 0 Å². The topological polar surface area (TPSA) is 125 Å². The summed E-state index contributed by atoms with van der Waals surface area (Å²) in [5.74, 6) is -3.48.